The molecule has 128 valence electrons. The lowest BCUT2D eigenvalue weighted by atomic mass is 9.97. The fourth-order valence-corrected chi connectivity index (χ4v) is 2.62. The van der Waals surface area contributed by atoms with Crippen LogP contribution < -0.4 is 10.1 Å². The molecule has 2 aromatic rings. The molecule has 1 atom stereocenters. The first-order chi connectivity index (χ1) is 11.4. The predicted octanol–water partition coefficient (Wildman–Crippen LogP) is 3.03. The third kappa shape index (κ3) is 4.06. The molecule has 1 aromatic heterocycles. The molecule has 0 fully saturated rings. The number of amides is 1. The van der Waals surface area contributed by atoms with Crippen LogP contribution in [0.2, 0.25) is 0 Å². The van der Waals surface area contributed by atoms with E-state index in [1.165, 1.54) is 24.3 Å². The summed E-state index contributed by atoms with van der Waals surface area (Å²) in [6.07, 6.45) is 0.533. The van der Waals surface area contributed by atoms with Gasteiger partial charge in [-0.1, -0.05) is 0 Å². The van der Waals surface area contributed by atoms with Gasteiger partial charge in [0.25, 0.3) is 0 Å². The van der Waals surface area contributed by atoms with E-state index in [1.807, 2.05) is 10.8 Å². The van der Waals surface area contributed by atoms with Crippen LogP contribution in [0.4, 0.5) is 18.9 Å². The number of rotatable bonds is 4. The van der Waals surface area contributed by atoms with Crippen molar-refractivity contribution < 1.29 is 22.7 Å². The van der Waals surface area contributed by atoms with Crippen LogP contribution in [0.3, 0.4) is 0 Å². The summed E-state index contributed by atoms with van der Waals surface area (Å²) in [6.45, 7) is -0.592. The second kappa shape index (κ2) is 6.54. The first-order valence-corrected chi connectivity index (χ1v) is 7.51. The Bertz CT molecular complexity index is 710. The van der Waals surface area contributed by atoms with E-state index >= 15 is 0 Å². The minimum atomic E-state index is -4.38. The third-order valence-corrected chi connectivity index (χ3v) is 3.84. The molecule has 0 spiro atoms. The number of imidazole rings is 1. The first kappa shape index (κ1) is 16.4. The van der Waals surface area contributed by atoms with Gasteiger partial charge in [-0.3, -0.25) is 4.79 Å². The van der Waals surface area contributed by atoms with E-state index in [9.17, 15) is 18.0 Å². The Balaban J connectivity index is 1.55. The van der Waals surface area contributed by atoms with Crippen LogP contribution in [-0.4, -0.2) is 28.2 Å². The van der Waals surface area contributed by atoms with Gasteiger partial charge in [-0.05, 0) is 30.7 Å². The lowest BCUT2D eigenvalue weighted by Gasteiger charge is -2.22. The van der Waals surface area contributed by atoms with Gasteiger partial charge in [0.1, 0.15) is 11.6 Å². The summed E-state index contributed by atoms with van der Waals surface area (Å²) in [5, 5.41) is 2.78. The third-order valence-electron chi connectivity index (χ3n) is 3.84. The maximum absolute atomic E-state index is 12.3. The Labute approximate surface area is 136 Å². The van der Waals surface area contributed by atoms with Gasteiger partial charge in [0.2, 0.25) is 5.91 Å². The van der Waals surface area contributed by atoms with E-state index < -0.39 is 12.8 Å². The van der Waals surface area contributed by atoms with Gasteiger partial charge in [0.05, 0.1) is 0 Å². The summed E-state index contributed by atoms with van der Waals surface area (Å²) in [6, 6.07) is 5.84. The molecule has 0 bridgehead atoms. The minimum Gasteiger partial charge on any atom is -0.484 e. The summed E-state index contributed by atoms with van der Waals surface area (Å²) in [7, 11) is 0. The van der Waals surface area contributed by atoms with Crippen LogP contribution in [0.5, 0.6) is 5.75 Å². The van der Waals surface area contributed by atoms with E-state index in [0.717, 1.165) is 18.8 Å². The molecule has 1 aromatic carbocycles. The monoisotopic (exact) mass is 339 g/mol. The maximum atomic E-state index is 12.3. The van der Waals surface area contributed by atoms with E-state index in [1.54, 1.807) is 6.20 Å². The number of fused-ring (bicyclic) bond motifs is 1. The number of anilines is 1. The number of ether oxygens (including phenoxy) is 1. The largest absolute Gasteiger partial charge is 0.484 e. The number of nitrogens with zero attached hydrogens (tertiary/aromatic N) is 2. The van der Waals surface area contributed by atoms with Gasteiger partial charge in [0, 0.05) is 37.0 Å². The number of carbonyl (C=O) groups is 1. The molecule has 2 heterocycles. The van der Waals surface area contributed by atoms with E-state index in [0.29, 0.717) is 12.1 Å². The van der Waals surface area contributed by atoms with Crippen LogP contribution in [0, 0.1) is 5.92 Å². The second-order valence-electron chi connectivity index (χ2n) is 5.64. The summed E-state index contributed by atoms with van der Waals surface area (Å²) < 4.78 is 42.9. The molecule has 0 aliphatic carbocycles. The van der Waals surface area contributed by atoms with Crippen molar-refractivity contribution in [1.29, 1.82) is 0 Å². The van der Waals surface area contributed by atoms with Crippen molar-refractivity contribution in [1.82, 2.24) is 9.55 Å². The van der Waals surface area contributed by atoms with Gasteiger partial charge < -0.3 is 14.6 Å². The molecule has 5 nitrogen and oxygen atoms in total. The molecule has 24 heavy (non-hydrogen) atoms. The van der Waals surface area contributed by atoms with E-state index in [-0.39, 0.29) is 17.6 Å². The number of benzene rings is 1. The Morgan fingerprint density at radius 1 is 1.33 bits per heavy atom. The molecule has 0 unspecified atom stereocenters. The molecule has 0 saturated carbocycles. The second-order valence-corrected chi connectivity index (χ2v) is 5.64. The van der Waals surface area contributed by atoms with Crippen molar-refractivity contribution >= 4 is 11.6 Å². The first-order valence-electron chi connectivity index (χ1n) is 7.51. The molecular formula is C16H16F3N3O2. The fraction of sp³-hybridized carbons (Fsp3) is 0.375. The Kier molecular flexibility index (Phi) is 4.46. The van der Waals surface area contributed by atoms with Gasteiger partial charge >= 0.3 is 6.18 Å². The van der Waals surface area contributed by atoms with Crippen LogP contribution in [0.25, 0.3) is 0 Å². The highest BCUT2D eigenvalue weighted by Crippen LogP contribution is 2.23. The minimum absolute atomic E-state index is 0.102. The highest BCUT2D eigenvalue weighted by Gasteiger charge is 2.28. The smallest absolute Gasteiger partial charge is 0.422 e. The number of nitrogens with one attached hydrogen (secondary N) is 1. The predicted molar refractivity (Wildman–Crippen MR) is 80.7 cm³/mol. The average molecular weight is 339 g/mol. The summed E-state index contributed by atoms with van der Waals surface area (Å²) >= 11 is 0. The molecule has 1 aliphatic rings. The Morgan fingerprint density at radius 2 is 2.08 bits per heavy atom. The van der Waals surface area contributed by atoms with Crippen LogP contribution >= 0.6 is 0 Å². The standard InChI is InChI=1S/C16H16F3N3O2/c17-16(18,19)10-24-13-3-1-12(2-4-13)21-15(23)11-5-7-22-8-6-20-14(22)9-11/h1-4,6,8,11H,5,7,9-10H2,(H,21,23)/t11-/m0/s1. The van der Waals surface area contributed by atoms with Crippen LogP contribution in [0.15, 0.2) is 36.7 Å². The fourth-order valence-electron chi connectivity index (χ4n) is 2.62. The van der Waals surface area contributed by atoms with Crippen LogP contribution in [-0.2, 0) is 17.8 Å². The van der Waals surface area contributed by atoms with Crippen molar-refractivity contribution in [2.24, 2.45) is 5.92 Å². The average Bonchev–Trinajstić information content (AvgIpc) is 3.01. The molecule has 1 aliphatic heterocycles. The van der Waals surface area contributed by atoms with Crippen molar-refractivity contribution in [3.8, 4) is 5.75 Å². The van der Waals surface area contributed by atoms with Crippen molar-refractivity contribution in [3.63, 3.8) is 0 Å². The molecular weight excluding hydrogens is 323 g/mol. The lowest BCUT2D eigenvalue weighted by molar-refractivity contribution is -0.153. The maximum Gasteiger partial charge on any atom is 0.422 e. The van der Waals surface area contributed by atoms with Crippen molar-refractivity contribution in [2.45, 2.75) is 25.6 Å². The Hall–Kier alpha value is -2.51. The van der Waals surface area contributed by atoms with Crippen LogP contribution in [0.1, 0.15) is 12.2 Å². The normalized spacial score (nSPS) is 17.2. The molecule has 1 amide bonds. The summed E-state index contributed by atoms with van der Waals surface area (Å²) in [4.78, 5) is 16.5. The molecule has 0 radical (unpaired) electrons. The molecule has 8 heteroatoms. The van der Waals surface area contributed by atoms with Gasteiger partial charge in [-0.2, -0.15) is 13.2 Å². The lowest BCUT2D eigenvalue weighted by Crippen LogP contribution is -2.30. The number of hydrogen-bond acceptors (Lipinski definition) is 3. The summed E-state index contributed by atoms with van der Waals surface area (Å²) in [5.41, 5.74) is 0.522. The molecule has 1 N–H and O–H groups in total. The van der Waals surface area contributed by atoms with Gasteiger partial charge in [-0.15, -0.1) is 0 Å². The van der Waals surface area contributed by atoms with Gasteiger partial charge in [-0.25, -0.2) is 4.98 Å². The topological polar surface area (TPSA) is 56.1 Å². The summed E-state index contributed by atoms with van der Waals surface area (Å²) in [5.74, 6) is 0.705. The number of hydrogen-bond donors (Lipinski definition) is 1. The number of carbonyl (C=O) groups excluding carboxylic acids is 1. The van der Waals surface area contributed by atoms with E-state index in [4.69, 9.17) is 0 Å². The van der Waals surface area contributed by atoms with Crippen molar-refractivity contribution in [2.75, 3.05) is 11.9 Å². The number of aryl methyl sites for hydroxylation is 1. The molecule has 0 saturated heterocycles. The molecule has 3 rings (SSSR count). The number of halogens is 3. The zero-order chi connectivity index (χ0) is 17.2. The SMILES string of the molecule is O=C(Nc1ccc(OCC(F)(F)F)cc1)[C@H]1CCn2ccnc2C1. The zero-order valence-corrected chi connectivity index (χ0v) is 12.7. The van der Waals surface area contributed by atoms with Gasteiger partial charge in [0.15, 0.2) is 6.61 Å². The highest BCUT2D eigenvalue weighted by molar-refractivity contribution is 5.92. The van der Waals surface area contributed by atoms with Crippen molar-refractivity contribution in [3.05, 3.63) is 42.5 Å². The quantitative estimate of drug-likeness (QED) is 0.932. The number of alkyl halides is 3. The zero-order valence-electron chi connectivity index (χ0n) is 12.7. The number of aromatic nitrogens is 2. The van der Waals surface area contributed by atoms with E-state index in [2.05, 4.69) is 15.0 Å². The highest BCUT2D eigenvalue weighted by atomic mass is 19.4. The Morgan fingerprint density at radius 3 is 2.79 bits per heavy atom.